The first-order valence-corrected chi connectivity index (χ1v) is 21.8. The maximum atomic E-state index is 7.23. The van der Waals surface area contributed by atoms with Crippen molar-refractivity contribution in [3.8, 4) is 0 Å². The van der Waals surface area contributed by atoms with Crippen LogP contribution in [0.5, 0.6) is 0 Å². The van der Waals surface area contributed by atoms with Crippen LogP contribution in [0.2, 0.25) is 13.1 Å². The van der Waals surface area contributed by atoms with E-state index in [1.807, 2.05) is 7.11 Å². The Labute approximate surface area is 224 Å². The number of rotatable bonds is 8. The summed E-state index contributed by atoms with van der Waals surface area (Å²) in [5.41, 5.74) is 0. The average Bonchev–Trinajstić information content (AvgIpc) is 2.98. The third-order valence-corrected chi connectivity index (χ3v) is 42.3. The highest BCUT2D eigenvalue weighted by atomic mass is 29.6. The van der Waals surface area contributed by atoms with Crippen molar-refractivity contribution >= 4 is 48.5 Å². The molecule has 0 unspecified atom stereocenters. The Morgan fingerprint density at radius 2 is 0.649 bits per heavy atom. The van der Waals surface area contributed by atoms with Gasteiger partial charge in [0.05, 0.1) is 7.59 Å². The molecule has 0 aliphatic heterocycles. The number of benzene rings is 5. The van der Waals surface area contributed by atoms with Gasteiger partial charge >= 0.3 is 0 Å². The molecular formula is C33H34OSi3. The largest absolute Gasteiger partial charge is 0.413 e. The predicted molar refractivity (Wildman–Crippen MR) is 166 cm³/mol. The normalized spacial score (nSPS) is 12.3. The van der Waals surface area contributed by atoms with Crippen LogP contribution in [-0.2, 0) is 4.43 Å². The van der Waals surface area contributed by atoms with Crippen molar-refractivity contribution in [2.75, 3.05) is 7.11 Å². The van der Waals surface area contributed by atoms with Crippen molar-refractivity contribution in [1.29, 1.82) is 0 Å². The van der Waals surface area contributed by atoms with Gasteiger partial charge in [-0.1, -0.05) is 180 Å². The smallest absolute Gasteiger partial charge is 0.248 e. The summed E-state index contributed by atoms with van der Waals surface area (Å²) in [5.74, 6) is 0. The molecule has 0 radical (unpaired) electrons. The summed E-state index contributed by atoms with van der Waals surface area (Å²) in [7, 11) is -5.93. The Morgan fingerprint density at radius 3 is 0.946 bits per heavy atom. The third kappa shape index (κ3) is 4.01. The summed E-state index contributed by atoms with van der Waals surface area (Å²) in [6.07, 6.45) is 0. The van der Waals surface area contributed by atoms with E-state index in [2.05, 4.69) is 165 Å². The lowest BCUT2D eigenvalue weighted by atomic mass is 10.4. The minimum Gasteiger partial charge on any atom is -0.413 e. The van der Waals surface area contributed by atoms with Gasteiger partial charge in [-0.2, -0.15) is 0 Å². The minimum atomic E-state index is -2.90. The zero-order valence-electron chi connectivity index (χ0n) is 21.8. The molecule has 0 saturated carbocycles. The Morgan fingerprint density at radius 1 is 0.378 bits per heavy atom. The summed E-state index contributed by atoms with van der Waals surface area (Å²) < 4.78 is 7.23. The monoisotopic (exact) mass is 530 g/mol. The molecule has 37 heavy (non-hydrogen) atoms. The molecular weight excluding hydrogens is 497 g/mol. The molecule has 0 fully saturated rings. The summed E-state index contributed by atoms with van der Waals surface area (Å²) in [6.45, 7) is 5.20. The fraction of sp³-hybridized carbons (Fsp3) is 0.0909. The molecule has 1 nitrogen and oxygen atoms in total. The summed E-state index contributed by atoms with van der Waals surface area (Å²) in [4.78, 5) is 0. The molecule has 0 bridgehead atoms. The van der Waals surface area contributed by atoms with Gasteiger partial charge in [0.1, 0.15) is 7.11 Å². The highest BCUT2D eigenvalue weighted by Crippen LogP contribution is 2.30. The van der Waals surface area contributed by atoms with E-state index in [0.717, 1.165) is 0 Å². The van der Waals surface area contributed by atoms with Gasteiger partial charge in [0, 0.05) is 7.11 Å². The van der Waals surface area contributed by atoms with Gasteiger partial charge in [-0.3, -0.25) is 0 Å². The zero-order chi connectivity index (χ0) is 25.8. The van der Waals surface area contributed by atoms with Crippen LogP contribution in [0.1, 0.15) is 0 Å². The maximum absolute atomic E-state index is 7.23. The summed E-state index contributed by atoms with van der Waals surface area (Å²) in [5, 5.41) is 7.10. The molecule has 0 heterocycles. The topological polar surface area (TPSA) is 9.23 Å². The van der Waals surface area contributed by atoms with Gasteiger partial charge in [0.25, 0.3) is 0 Å². The molecule has 184 valence electrons. The van der Waals surface area contributed by atoms with E-state index in [-0.39, 0.29) is 0 Å². The highest BCUT2D eigenvalue weighted by Gasteiger charge is 2.68. The van der Waals surface area contributed by atoms with Crippen molar-refractivity contribution in [1.82, 2.24) is 0 Å². The van der Waals surface area contributed by atoms with Gasteiger partial charge < -0.3 is 4.43 Å². The van der Waals surface area contributed by atoms with Gasteiger partial charge in [-0.05, 0) is 10.4 Å². The first-order valence-electron chi connectivity index (χ1n) is 12.9. The number of hydrogen-bond donors (Lipinski definition) is 0. The van der Waals surface area contributed by atoms with Gasteiger partial charge in [-0.25, -0.2) is 0 Å². The third-order valence-electron chi connectivity index (χ3n) is 8.04. The van der Waals surface area contributed by atoms with Gasteiger partial charge in [0.15, 0.2) is 0 Å². The van der Waals surface area contributed by atoms with Crippen molar-refractivity contribution < 1.29 is 4.43 Å². The van der Waals surface area contributed by atoms with Gasteiger partial charge in [0.2, 0.25) is 7.83 Å². The summed E-state index contributed by atoms with van der Waals surface area (Å²) in [6, 6.07) is 56.3. The standard InChI is InChI=1S/C33H34OSi3/c1-34-36(30-21-11-5-12-22-30,31-23-13-6-14-24-31)37(32-25-15-7-16-26-32,33-27-17-8-18-28-33)35(2,3)29-19-9-4-10-20-29/h4-28H,1-3H3. The molecule has 5 rings (SSSR count). The lowest BCUT2D eigenvalue weighted by Gasteiger charge is -2.55. The van der Waals surface area contributed by atoms with Crippen LogP contribution in [0.3, 0.4) is 0 Å². The second-order valence-electron chi connectivity index (χ2n) is 10.1. The van der Waals surface area contributed by atoms with Crippen molar-refractivity contribution in [3.05, 3.63) is 152 Å². The molecule has 5 aromatic rings. The van der Waals surface area contributed by atoms with Crippen LogP contribution >= 0.6 is 0 Å². The first-order chi connectivity index (χ1) is 18.1. The molecule has 0 amide bonds. The van der Waals surface area contributed by atoms with Crippen LogP contribution in [-0.4, -0.2) is 29.6 Å². The number of hydrogen-bond acceptors (Lipinski definition) is 1. The summed E-state index contributed by atoms with van der Waals surface area (Å²) >= 11 is 0. The molecule has 0 aliphatic rings. The van der Waals surface area contributed by atoms with E-state index >= 15 is 0 Å². The van der Waals surface area contributed by atoms with E-state index in [1.54, 1.807) is 0 Å². The Bertz CT molecular complexity index is 1330. The van der Waals surface area contributed by atoms with E-state index in [0.29, 0.717) is 0 Å². The molecule has 4 heteroatoms. The Balaban J connectivity index is 2.06. The van der Waals surface area contributed by atoms with E-state index in [1.165, 1.54) is 25.9 Å². The predicted octanol–water partition coefficient (Wildman–Crippen LogP) is 4.43. The average molecular weight is 531 g/mol. The molecule has 0 aliphatic carbocycles. The second-order valence-corrected chi connectivity index (χ2v) is 31.4. The molecule has 0 spiro atoms. The maximum Gasteiger partial charge on any atom is 0.248 e. The fourth-order valence-electron chi connectivity index (χ4n) is 6.52. The molecule has 0 aromatic heterocycles. The van der Waals surface area contributed by atoms with Crippen molar-refractivity contribution in [3.63, 3.8) is 0 Å². The van der Waals surface area contributed by atoms with Crippen LogP contribution in [0, 0.1) is 0 Å². The van der Waals surface area contributed by atoms with E-state index in [9.17, 15) is 0 Å². The van der Waals surface area contributed by atoms with E-state index in [4.69, 9.17) is 4.43 Å². The highest BCUT2D eigenvalue weighted by molar-refractivity contribution is 7.82. The quantitative estimate of drug-likeness (QED) is 0.270. The lowest BCUT2D eigenvalue weighted by molar-refractivity contribution is 0.430. The van der Waals surface area contributed by atoms with Gasteiger partial charge in [-0.15, -0.1) is 0 Å². The SMILES string of the molecule is CO[Si](c1ccccc1)(c1ccccc1)[Si](c1ccccc1)(c1ccccc1)[Si](C)(C)c1ccccc1. The van der Waals surface area contributed by atoms with E-state index < -0.39 is 22.5 Å². The lowest BCUT2D eigenvalue weighted by Crippen LogP contribution is -2.96. The second kappa shape index (κ2) is 10.6. The molecule has 0 N–H and O–H groups in total. The first kappa shape index (κ1) is 25.4. The van der Waals surface area contributed by atoms with Crippen molar-refractivity contribution in [2.24, 2.45) is 0 Å². The molecule has 0 saturated heterocycles. The zero-order valence-corrected chi connectivity index (χ0v) is 24.8. The van der Waals surface area contributed by atoms with Crippen molar-refractivity contribution in [2.45, 2.75) is 13.1 Å². The molecule has 0 atom stereocenters. The van der Waals surface area contributed by atoms with Crippen LogP contribution in [0.15, 0.2) is 152 Å². The Kier molecular flexibility index (Phi) is 7.27. The Hall–Kier alpha value is -3.29. The van der Waals surface area contributed by atoms with Crippen LogP contribution < -0.4 is 25.9 Å². The fourth-order valence-corrected chi connectivity index (χ4v) is 46.6. The van der Waals surface area contributed by atoms with Crippen LogP contribution in [0.4, 0.5) is 0 Å². The van der Waals surface area contributed by atoms with Crippen LogP contribution in [0.25, 0.3) is 0 Å². The molecule has 5 aromatic carbocycles. The minimum absolute atomic E-state index is 1.35.